The van der Waals surface area contributed by atoms with E-state index in [1.807, 2.05) is 0 Å². The molecule has 2 heterocycles. The third-order valence-electron chi connectivity index (χ3n) is 4.35. The summed E-state index contributed by atoms with van der Waals surface area (Å²) < 4.78 is 0. The highest BCUT2D eigenvalue weighted by Crippen LogP contribution is 2.18. The van der Waals surface area contributed by atoms with Crippen molar-refractivity contribution in [2.45, 2.75) is 64.6 Å². The number of rotatable bonds is 7. The first kappa shape index (κ1) is 14.8. The molecule has 2 aliphatic rings. The minimum absolute atomic E-state index is 0.0696. The van der Waals surface area contributed by atoms with Crippen LogP contribution in [0.15, 0.2) is 0 Å². The van der Waals surface area contributed by atoms with E-state index in [1.54, 1.807) is 0 Å². The first-order valence-corrected chi connectivity index (χ1v) is 8.05. The second-order valence-electron chi connectivity index (χ2n) is 5.89. The van der Waals surface area contributed by atoms with Crippen LogP contribution >= 0.6 is 0 Å². The molecule has 2 atom stereocenters. The van der Waals surface area contributed by atoms with Gasteiger partial charge in [0.25, 0.3) is 0 Å². The van der Waals surface area contributed by atoms with Gasteiger partial charge in [-0.05, 0) is 38.8 Å². The largest absolute Gasteiger partial charge is 0.325 e. The van der Waals surface area contributed by atoms with Gasteiger partial charge in [-0.1, -0.05) is 26.7 Å². The van der Waals surface area contributed by atoms with Gasteiger partial charge in [-0.2, -0.15) is 0 Å². The van der Waals surface area contributed by atoms with Crippen LogP contribution in [0.1, 0.15) is 52.4 Å². The minimum Gasteiger partial charge on any atom is -0.325 e. The van der Waals surface area contributed by atoms with Gasteiger partial charge in [0.1, 0.15) is 0 Å². The Balaban J connectivity index is 1.88. The molecule has 1 amide bonds. The van der Waals surface area contributed by atoms with E-state index in [2.05, 4.69) is 29.0 Å². The van der Waals surface area contributed by atoms with Crippen molar-refractivity contribution in [3.8, 4) is 0 Å². The predicted molar refractivity (Wildman–Crippen MR) is 77.9 cm³/mol. The number of carbonyl (C=O) groups excluding carboxylic acids is 1. The highest BCUT2D eigenvalue weighted by Gasteiger charge is 2.37. The molecule has 0 aromatic carbocycles. The van der Waals surface area contributed by atoms with Crippen LogP contribution in [0.2, 0.25) is 0 Å². The Morgan fingerprint density at radius 3 is 2.42 bits per heavy atom. The molecule has 4 heteroatoms. The van der Waals surface area contributed by atoms with Crippen LogP contribution < -0.4 is 5.32 Å². The number of nitrogens with zero attached hydrogens (tertiary/aromatic N) is 2. The quantitative estimate of drug-likeness (QED) is 0.764. The van der Waals surface area contributed by atoms with Gasteiger partial charge in [-0.3, -0.25) is 10.1 Å². The lowest BCUT2D eigenvalue weighted by Crippen LogP contribution is -2.41. The second-order valence-corrected chi connectivity index (χ2v) is 5.89. The van der Waals surface area contributed by atoms with Gasteiger partial charge in [-0.25, -0.2) is 0 Å². The molecule has 19 heavy (non-hydrogen) atoms. The molecule has 0 aromatic rings. The molecule has 0 aromatic heterocycles. The molecule has 0 saturated carbocycles. The topological polar surface area (TPSA) is 35.6 Å². The molecule has 2 fully saturated rings. The molecule has 2 unspecified atom stereocenters. The average molecular weight is 267 g/mol. The fourth-order valence-electron chi connectivity index (χ4n) is 3.28. The van der Waals surface area contributed by atoms with Crippen molar-refractivity contribution in [2.24, 2.45) is 0 Å². The maximum atomic E-state index is 12.4. The molecule has 2 rings (SSSR count). The summed E-state index contributed by atoms with van der Waals surface area (Å²) >= 11 is 0. The van der Waals surface area contributed by atoms with E-state index in [0.29, 0.717) is 5.91 Å². The van der Waals surface area contributed by atoms with Crippen molar-refractivity contribution in [1.82, 2.24) is 15.1 Å². The molecule has 110 valence electrons. The first-order valence-electron chi connectivity index (χ1n) is 8.05. The lowest BCUT2D eigenvalue weighted by Gasteiger charge is -2.26. The zero-order chi connectivity index (χ0) is 13.7. The van der Waals surface area contributed by atoms with Crippen molar-refractivity contribution in [3.05, 3.63) is 0 Å². The number of nitrogens with one attached hydrogen (secondary N) is 1. The Hall–Kier alpha value is -0.610. The van der Waals surface area contributed by atoms with Crippen molar-refractivity contribution in [1.29, 1.82) is 0 Å². The van der Waals surface area contributed by atoms with Crippen LogP contribution in [0.4, 0.5) is 0 Å². The second kappa shape index (κ2) is 7.25. The molecule has 0 bridgehead atoms. The van der Waals surface area contributed by atoms with E-state index in [1.165, 1.54) is 25.9 Å². The van der Waals surface area contributed by atoms with Crippen molar-refractivity contribution in [3.63, 3.8) is 0 Å². The van der Waals surface area contributed by atoms with Crippen LogP contribution in [0.5, 0.6) is 0 Å². The first-order chi connectivity index (χ1) is 9.26. The summed E-state index contributed by atoms with van der Waals surface area (Å²) in [5.41, 5.74) is 0. The van der Waals surface area contributed by atoms with Gasteiger partial charge in [0.2, 0.25) is 5.91 Å². The number of amides is 1. The zero-order valence-corrected chi connectivity index (χ0v) is 12.5. The van der Waals surface area contributed by atoms with E-state index in [9.17, 15) is 4.79 Å². The molecule has 0 radical (unpaired) electrons. The van der Waals surface area contributed by atoms with E-state index >= 15 is 0 Å². The molecule has 0 spiro atoms. The van der Waals surface area contributed by atoms with Crippen LogP contribution in [-0.4, -0.2) is 54.1 Å². The van der Waals surface area contributed by atoms with E-state index in [-0.39, 0.29) is 12.2 Å². The highest BCUT2D eigenvalue weighted by molar-refractivity contribution is 5.84. The monoisotopic (exact) mass is 267 g/mol. The maximum Gasteiger partial charge on any atom is 0.241 e. The number of carbonyl (C=O) groups is 1. The minimum atomic E-state index is 0.0696. The predicted octanol–water partition coefficient (Wildman–Crippen LogP) is 1.81. The van der Waals surface area contributed by atoms with Crippen LogP contribution in [0, 0.1) is 0 Å². The Kier molecular flexibility index (Phi) is 5.64. The zero-order valence-electron chi connectivity index (χ0n) is 12.5. The normalized spacial score (nSPS) is 28.5. The molecule has 4 nitrogen and oxygen atoms in total. The van der Waals surface area contributed by atoms with Crippen LogP contribution in [0.25, 0.3) is 0 Å². The molecule has 2 saturated heterocycles. The van der Waals surface area contributed by atoms with Gasteiger partial charge in [-0.15, -0.1) is 0 Å². The number of hydrogen-bond acceptors (Lipinski definition) is 3. The fourth-order valence-corrected chi connectivity index (χ4v) is 3.28. The molecule has 2 aliphatic heterocycles. The number of hydrogen-bond donors (Lipinski definition) is 1. The lowest BCUT2D eigenvalue weighted by atomic mass is 10.2. The standard InChI is InChI=1S/C15H29N3O/c1-3-7-13-15(19)18(14(16-13)8-4-2)12-11-17-9-5-6-10-17/h13-14,16H,3-12H2,1-2H3. The summed E-state index contributed by atoms with van der Waals surface area (Å²) in [5, 5.41) is 3.53. The summed E-state index contributed by atoms with van der Waals surface area (Å²) in [6.07, 6.45) is 7.17. The van der Waals surface area contributed by atoms with Gasteiger partial charge in [0.15, 0.2) is 0 Å². The third-order valence-corrected chi connectivity index (χ3v) is 4.35. The fraction of sp³-hybridized carbons (Fsp3) is 0.933. The Morgan fingerprint density at radius 2 is 1.79 bits per heavy atom. The Morgan fingerprint density at radius 1 is 1.11 bits per heavy atom. The summed E-state index contributed by atoms with van der Waals surface area (Å²) in [6.45, 7) is 8.72. The van der Waals surface area contributed by atoms with E-state index < -0.39 is 0 Å². The molecule has 1 N–H and O–H groups in total. The summed E-state index contributed by atoms with van der Waals surface area (Å²) in [7, 11) is 0. The van der Waals surface area contributed by atoms with Crippen LogP contribution in [-0.2, 0) is 4.79 Å². The smallest absolute Gasteiger partial charge is 0.241 e. The Bertz CT molecular complexity index is 289. The lowest BCUT2D eigenvalue weighted by molar-refractivity contribution is -0.130. The Labute approximate surface area is 117 Å². The van der Waals surface area contributed by atoms with Crippen LogP contribution in [0.3, 0.4) is 0 Å². The van der Waals surface area contributed by atoms with Gasteiger partial charge in [0.05, 0.1) is 12.2 Å². The summed E-state index contributed by atoms with van der Waals surface area (Å²) in [6, 6.07) is 0.0696. The van der Waals surface area contributed by atoms with Crippen molar-refractivity contribution < 1.29 is 4.79 Å². The summed E-state index contributed by atoms with van der Waals surface area (Å²) in [5.74, 6) is 0.333. The van der Waals surface area contributed by atoms with Gasteiger partial charge < -0.3 is 9.80 Å². The highest BCUT2D eigenvalue weighted by atomic mass is 16.2. The van der Waals surface area contributed by atoms with Crippen molar-refractivity contribution >= 4 is 5.91 Å². The van der Waals surface area contributed by atoms with E-state index in [4.69, 9.17) is 0 Å². The average Bonchev–Trinajstić information content (AvgIpc) is 2.99. The molecular weight excluding hydrogens is 238 g/mol. The molecular formula is C15H29N3O. The van der Waals surface area contributed by atoms with E-state index in [0.717, 1.165) is 38.8 Å². The van der Waals surface area contributed by atoms with Crippen molar-refractivity contribution in [2.75, 3.05) is 26.2 Å². The number of likely N-dealkylation sites (tertiary alicyclic amines) is 1. The maximum absolute atomic E-state index is 12.4. The SMILES string of the molecule is CCCC1NC(CCC)N(CCN2CCCC2)C1=O. The summed E-state index contributed by atoms with van der Waals surface area (Å²) in [4.78, 5) is 17.0. The van der Waals surface area contributed by atoms with Gasteiger partial charge in [0, 0.05) is 13.1 Å². The third kappa shape index (κ3) is 3.69. The van der Waals surface area contributed by atoms with Gasteiger partial charge >= 0.3 is 0 Å². The molecule has 0 aliphatic carbocycles.